The Morgan fingerprint density at radius 1 is 0.684 bits per heavy atom. The molecule has 2 saturated heterocycles. The zero-order valence-electron chi connectivity index (χ0n) is 11.5. The first kappa shape index (κ1) is 15.1. The summed E-state index contributed by atoms with van der Waals surface area (Å²) in [7, 11) is 3.16. The highest BCUT2D eigenvalue weighted by Crippen LogP contribution is 2.30. The number of hydrogen-bond acceptors (Lipinski definition) is 7. The van der Waals surface area contributed by atoms with Crippen molar-refractivity contribution >= 4 is 0 Å². The fourth-order valence-corrected chi connectivity index (χ4v) is 2.15. The zero-order valence-corrected chi connectivity index (χ0v) is 11.5. The summed E-state index contributed by atoms with van der Waals surface area (Å²) in [6, 6.07) is 0. The van der Waals surface area contributed by atoms with Gasteiger partial charge in [-0.3, -0.25) is 0 Å². The third-order valence-corrected chi connectivity index (χ3v) is 3.63. The van der Waals surface area contributed by atoms with Gasteiger partial charge in [-0.1, -0.05) is 5.04 Å². The van der Waals surface area contributed by atoms with Gasteiger partial charge in [-0.2, -0.15) is 9.78 Å². The first-order valence-corrected chi connectivity index (χ1v) is 6.54. The van der Waals surface area contributed by atoms with Crippen LogP contribution in [0.15, 0.2) is 0 Å². The topological polar surface area (TPSA) is 64.6 Å². The lowest BCUT2D eigenvalue weighted by Crippen LogP contribution is -2.44. The van der Waals surface area contributed by atoms with E-state index in [9.17, 15) is 0 Å². The van der Waals surface area contributed by atoms with Crippen molar-refractivity contribution in [3.05, 3.63) is 0 Å². The highest BCUT2D eigenvalue weighted by Gasteiger charge is 2.39. The maximum atomic E-state index is 5.36. The molecule has 0 radical (unpaired) electrons. The average molecular weight is 278 g/mol. The molecule has 0 aromatic carbocycles. The fourth-order valence-electron chi connectivity index (χ4n) is 2.15. The molecular formula is C12H22O7. The molecule has 0 bridgehead atoms. The summed E-state index contributed by atoms with van der Waals surface area (Å²) in [5.74, 6) is -1.61. The Morgan fingerprint density at radius 2 is 1.05 bits per heavy atom. The van der Waals surface area contributed by atoms with E-state index in [1.807, 2.05) is 0 Å². The average Bonchev–Trinajstić information content (AvgIpc) is 2.49. The molecule has 2 heterocycles. The summed E-state index contributed by atoms with van der Waals surface area (Å²) in [5, 5.41) is 4.94. The Balaban J connectivity index is 1.80. The quantitative estimate of drug-likeness (QED) is 0.410. The van der Waals surface area contributed by atoms with Gasteiger partial charge in [0.2, 0.25) is 11.6 Å². The Morgan fingerprint density at radius 3 is 1.37 bits per heavy atom. The number of ether oxygens (including phenoxy) is 4. The monoisotopic (exact) mass is 278 g/mol. The lowest BCUT2D eigenvalue weighted by atomic mass is 10.1. The van der Waals surface area contributed by atoms with Crippen molar-refractivity contribution in [1.82, 2.24) is 0 Å². The standard InChI is InChI=1S/C12H22O7/c1-13-11(3-7-15-8-4-11)17-19-18-12(14-2)5-9-16-10-6-12/h3-10H2,1-2H3. The molecule has 2 rings (SSSR count). The second-order valence-electron chi connectivity index (χ2n) is 4.69. The van der Waals surface area contributed by atoms with Crippen LogP contribution in [0.3, 0.4) is 0 Å². The number of rotatable bonds is 6. The molecule has 2 fully saturated rings. The van der Waals surface area contributed by atoms with E-state index in [-0.39, 0.29) is 0 Å². The summed E-state index contributed by atoms with van der Waals surface area (Å²) >= 11 is 0. The minimum atomic E-state index is -0.807. The molecule has 19 heavy (non-hydrogen) atoms. The van der Waals surface area contributed by atoms with Crippen molar-refractivity contribution in [2.75, 3.05) is 40.6 Å². The van der Waals surface area contributed by atoms with E-state index in [4.69, 9.17) is 33.8 Å². The van der Waals surface area contributed by atoms with E-state index in [1.165, 1.54) is 0 Å². The highest BCUT2D eigenvalue weighted by molar-refractivity contribution is 4.72. The van der Waals surface area contributed by atoms with Gasteiger partial charge in [-0.15, -0.1) is 0 Å². The van der Waals surface area contributed by atoms with Gasteiger partial charge in [0.05, 0.1) is 26.4 Å². The molecule has 2 aliphatic rings. The van der Waals surface area contributed by atoms with Crippen LogP contribution >= 0.6 is 0 Å². The lowest BCUT2D eigenvalue weighted by molar-refractivity contribution is -0.617. The van der Waals surface area contributed by atoms with Crippen LogP contribution in [0, 0.1) is 0 Å². The number of methoxy groups -OCH3 is 2. The van der Waals surface area contributed by atoms with Crippen LogP contribution in [0.5, 0.6) is 0 Å². The van der Waals surface area contributed by atoms with E-state index in [0.717, 1.165) is 0 Å². The lowest BCUT2D eigenvalue weighted by Gasteiger charge is -2.36. The third-order valence-electron chi connectivity index (χ3n) is 3.63. The van der Waals surface area contributed by atoms with E-state index in [1.54, 1.807) is 14.2 Å². The molecule has 112 valence electrons. The van der Waals surface area contributed by atoms with Crippen LogP contribution < -0.4 is 0 Å². The normalized spacial score (nSPS) is 26.2. The first-order valence-electron chi connectivity index (χ1n) is 6.54. The van der Waals surface area contributed by atoms with E-state index in [0.29, 0.717) is 52.1 Å². The van der Waals surface area contributed by atoms with Crippen LogP contribution in [0.1, 0.15) is 25.7 Å². The minimum absolute atomic E-state index is 0.570. The van der Waals surface area contributed by atoms with Gasteiger partial charge in [0.1, 0.15) is 0 Å². The smallest absolute Gasteiger partial charge is 0.208 e. The SMILES string of the molecule is COC1(OOOC2(OC)CCOCC2)CCOCC1. The molecule has 0 aliphatic carbocycles. The van der Waals surface area contributed by atoms with Gasteiger partial charge in [0.25, 0.3) is 0 Å². The first-order chi connectivity index (χ1) is 9.24. The van der Waals surface area contributed by atoms with E-state index < -0.39 is 11.6 Å². The summed E-state index contributed by atoms with van der Waals surface area (Å²) in [5.41, 5.74) is 0. The molecule has 0 aromatic heterocycles. The van der Waals surface area contributed by atoms with Gasteiger partial charge < -0.3 is 18.9 Å². The molecule has 0 amide bonds. The second kappa shape index (κ2) is 6.94. The molecule has 0 saturated carbocycles. The van der Waals surface area contributed by atoms with Crippen LogP contribution in [0.25, 0.3) is 0 Å². The van der Waals surface area contributed by atoms with Crippen molar-refractivity contribution in [2.24, 2.45) is 0 Å². The largest absolute Gasteiger partial charge is 0.381 e. The van der Waals surface area contributed by atoms with Gasteiger partial charge >= 0.3 is 0 Å². The summed E-state index contributed by atoms with van der Waals surface area (Å²) in [4.78, 5) is 10.6. The van der Waals surface area contributed by atoms with Crippen molar-refractivity contribution in [3.63, 3.8) is 0 Å². The Labute approximate surface area is 112 Å². The van der Waals surface area contributed by atoms with E-state index >= 15 is 0 Å². The van der Waals surface area contributed by atoms with Gasteiger partial charge in [-0.25, -0.2) is 0 Å². The van der Waals surface area contributed by atoms with Crippen LogP contribution in [0.4, 0.5) is 0 Å². The third kappa shape index (κ3) is 3.85. The zero-order chi connectivity index (χ0) is 13.6. The Bertz CT molecular complexity index is 233. The maximum absolute atomic E-state index is 5.36. The molecule has 0 spiro atoms. The highest BCUT2D eigenvalue weighted by atomic mass is 17.5. The summed E-state index contributed by atoms with van der Waals surface area (Å²) in [6.45, 7) is 2.28. The van der Waals surface area contributed by atoms with Crippen LogP contribution in [0.2, 0.25) is 0 Å². The van der Waals surface area contributed by atoms with Crippen molar-refractivity contribution in [1.29, 1.82) is 0 Å². The Kier molecular flexibility index (Phi) is 5.52. The predicted octanol–water partition coefficient (Wildman–Crippen LogP) is 1.17. The van der Waals surface area contributed by atoms with Crippen LogP contribution in [-0.2, 0) is 33.8 Å². The Hall–Kier alpha value is -0.280. The molecule has 0 unspecified atom stereocenters. The molecule has 0 N–H and O–H groups in total. The molecule has 7 heteroatoms. The molecule has 7 nitrogen and oxygen atoms in total. The maximum Gasteiger partial charge on any atom is 0.208 e. The molecule has 2 aliphatic heterocycles. The second-order valence-corrected chi connectivity index (χ2v) is 4.69. The minimum Gasteiger partial charge on any atom is -0.381 e. The van der Waals surface area contributed by atoms with Gasteiger partial charge in [0, 0.05) is 39.9 Å². The van der Waals surface area contributed by atoms with Crippen molar-refractivity contribution < 1.29 is 33.8 Å². The molecular weight excluding hydrogens is 256 g/mol. The van der Waals surface area contributed by atoms with E-state index in [2.05, 4.69) is 0 Å². The van der Waals surface area contributed by atoms with Crippen LogP contribution in [-0.4, -0.2) is 52.2 Å². The van der Waals surface area contributed by atoms with Crippen molar-refractivity contribution in [3.8, 4) is 0 Å². The van der Waals surface area contributed by atoms with Crippen molar-refractivity contribution in [2.45, 2.75) is 37.3 Å². The predicted molar refractivity (Wildman–Crippen MR) is 62.8 cm³/mol. The summed E-state index contributed by atoms with van der Waals surface area (Å²) < 4.78 is 21.3. The van der Waals surface area contributed by atoms with Gasteiger partial charge in [0.15, 0.2) is 0 Å². The van der Waals surface area contributed by atoms with Gasteiger partial charge in [-0.05, 0) is 0 Å². The molecule has 0 atom stereocenters. The number of hydrogen-bond donors (Lipinski definition) is 0. The summed E-state index contributed by atoms with van der Waals surface area (Å²) in [6.07, 6.45) is 2.37. The molecule has 0 aromatic rings. The fraction of sp³-hybridized carbons (Fsp3) is 1.00.